The van der Waals surface area contributed by atoms with E-state index in [1.165, 1.54) is 36.4 Å². The van der Waals surface area contributed by atoms with Gasteiger partial charge in [-0.1, -0.05) is 19.8 Å². The highest BCUT2D eigenvalue weighted by atomic mass is 32.1. The molecule has 1 aromatic rings. The minimum absolute atomic E-state index is 0.713. The Bertz CT molecular complexity index is 308. The fourth-order valence-corrected chi connectivity index (χ4v) is 3.44. The van der Waals surface area contributed by atoms with Crippen molar-refractivity contribution in [2.75, 3.05) is 6.54 Å². The molecule has 2 nitrogen and oxygen atoms in total. The first-order valence-corrected chi connectivity index (χ1v) is 6.82. The highest BCUT2D eigenvalue weighted by Crippen LogP contribution is 2.37. The lowest BCUT2D eigenvalue weighted by Crippen LogP contribution is -2.11. The standard InChI is InChI=1S/C12H20N2S/c1-9-3-2-4-10(7-9)12-14-11(5-6-13)8-15-12/h8-10H,2-7,13H2,1H3. The van der Waals surface area contributed by atoms with E-state index in [2.05, 4.69) is 12.3 Å². The van der Waals surface area contributed by atoms with Crippen LogP contribution in [0.2, 0.25) is 0 Å². The topological polar surface area (TPSA) is 38.9 Å². The average molecular weight is 224 g/mol. The molecule has 1 aliphatic carbocycles. The quantitative estimate of drug-likeness (QED) is 0.857. The van der Waals surface area contributed by atoms with E-state index in [1.807, 2.05) is 11.3 Å². The van der Waals surface area contributed by atoms with Gasteiger partial charge in [-0.05, 0) is 25.3 Å². The maximum Gasteiger partial charge on any atom is 0.0959 e. The van der Waals surface area contributed by atoms with Gasteiger partial charge in [-0.3, -0.25) is 0 Å². The Morgan fingerprint density at radius 3 is 3.13 bits per heavy atom. The number of thiazole rings is 1. The van der Waals surface area contributed by atoms with E-state index in [-0.39, 0.29) is 0 Å². The lowest BCUT2D eigenvalue weighted by atomic mass is 9.83. The molecule has 0 radical (unpaired) electrons. The van der Waals surface area contributed by atoms with E-state index < -0.39 is 0 Å². The monoisotopic (exact) mass is 224 g/mol. The molecule has 1 fully saturated rings. The van der Waals surface area contributed by atoms with Crippen LogP contribution in [0, 0.1) is 5.92 Å². The number of hydrogen-bond acceptors (Lipinski definition) is 3. The number of nitrogens with two attached hydrogens (primary N) is 1. The van der Waals surface area contributed by atoms with Gasteiger partial charge in [-0.2, -0.15) is 0 Å². The van der Waals surface area contributed by atoms with Gasteiger partial charge in [0.25, 0.3) is 0 Å². The largest absolute Gasteiger partial charge is 0.330 e. The fourth-order valence-electron chi connectivity index (χ4n) is 2.43. The van der Waals surface area contributed by atoms with Crippen LogP contribution in [0.5, 0.6) is 0 Å². The highest BCUT2D eigenvalue weighted by molar-refractivity contribution is 7.09. The fraction of sp³-hybridized carbons (Fsp3) is 0.750. The molecule has 15 heavy (non-hydrogen) atoms. The Kier molecular flexibility index (Phi) is 3.76. The second kappa shape index (κ2) is 5.08. The van der Waals surface area contributed by atoms with Crippen LogP contribution in [0.25, 0.3) is 0 Å². The van der Waals surface area contributed by atoms with Crippen LogP contribution in [0.1, 0.15) is 49.2 Å². The summed E-state index contributed by atoms with van der Waals surface area (Å²) in [5, 5.41) is 3.53. The summed E-state index contributed by atoms with van der Waals surface area (Å²) >= 11 is 1.83. The van der Waals surface area contributed by atoms with Gasteiger partial charge in [0.05, 0.1) is 10.7 Å². The van der Waals surface area contributed by atoms with Crippen molar-refractivity contribution in [3.05, 3.63) is 16.1 Å². The van der Waals surface area contributed by atoms with Gasteiger partial charge >= 0.3 is 0 Å². The molecular formula is C12H20N2S. The Hall–Kier alpha value is -0.410. The van der Waals surface area contributed by atoms with Crippen molar-refractivity contribution in [2.45, 2.75) is 44.9 Å². The number of aromatic nitrogens is 1. The first kappa shape index (κ1) is 11.1. The summed E-state index contributed by atoms with van der Waals surface area (Å²) in [6.45, 7) is 3.07. The van der Waals surface area contributed by atoms with Crippen molar-refractivity contribution >= 4 is 11.3 Å². The first-order valence-electron chi connectivity index (χ1n) is 5.94. The lowest BCUT2D eigenvalue weighted by molar-refractivity contribution is 0.343. The molecule has 2 N–H and O–H groups in total. The van der Waals surface area contributed by atoms with Gasteiger partial charge in [-0.25, -0.2) is 4.98 Å². The summed E-state index contributed by atoms with van der Waals surface area (Å²) in [5.74, 6) is 1.61. The van der Waals surface area contributed by atoms with Crippen LogP contribution in [-0.2, 0) is 6.42 Å². The minimum Gasteiger partial charge on any atom is -0.330 e. The predicted octanol–water partition coefficient (Wildman–Crippen LogP) is 2.94. The second-order valence-electron chi connectivity index (χ2n) is 4.68. The molecule has 1 heterocycles. The van der Waals surface area contributed by atoms with Gasteiger partial charge in [0.2, 0.25) is 0 Å². The molecule has 1 aromatic heterocycles. The highest BCUT2D eigenvalue weighted by Gasteiger charge is 2.22. The minimum atomic E-state index is 0.713. The third kappa shape index (κ3) is 2.79. The maximum atomic E-state index is 5.53. The predicted molar refractivity (Wildman–Crippen MR) is 65.2 cm³/mol. The van der Waals surface area contributed by atoms with E-state index in [4.69, 9.17) is 10.7 Å². The normalized spacial score (nSPS) is 26.8. The van der Waals surface area contributed by atoms with E-state index in [0.717, 1.165) is 18.3 Å². The van der Waals surface area contributed by atoms with Crippen molar-refractivity contribution in [3.8, 4) is 0 Å². The Morgan fingerprint density at radius 1 is 1.53 bits per heavy atom. The summed E-state index contributed by atoms with van der Waals surface area (Å²) in [7, 11) is 0. The molecule has 2 unspecified atom stereocenters. The van der Waals surface area contributed by atoms with E-state index >= 15 is 0 Å². The van der Waals surface area contributed by atoms with Gasteiger partial charge in [0, 0.05) is 17.7 Å². The molecule has 3 heteroatoms. The van der Waals surface area contributed by atoms with Crippen LogP contribution >= 0.6 is 11.3 Å². The second-order valence-corrected chi connectivity index (χ2v) is 5.57. The zero-order valence-electron chi connectivity index (χ0n) is 9.41. The van der Waals surface area contributed by atoms with Crippen LogP contribution < -0.4 is 5.73 Å². The molecular weight excluding hydrogens is 204 g/mol. The van der Waals surface area contributed by atoms with Gasteiger partial charge in [0.1, 0.15) is 0 Å². The number of nitrogens with zero attached hydrogens (tertiary/aromatic N) is 1. The third-order valence-corrected chi connectivity index (χ3v) is 4.31. The van der Waals surface area contributed by atoms with E-state index in [1.54, 1.807) is 0 Å². The Labute approximate surface area is 95.9 Å². The molecule has 84 valence electrons. The summed E-state index contributed by atoms with van der Waals surface area (Å²) in [6.07, 6.45) is 6.36. The van der Waals surface area contributed by atoms with Gasteiger partial charge in [0.15, 0.2) is 0 Å². The molecule has 0 amide bonds. The van der Waals surface area contributed by atoms with Crippen LogP contribution in [-0.4, -0.2) is 11.5 Å². The summed E-state index contributed by atoms with van der Waals surface area (Å²) in [5.41, 5.74) is 6.73. The Balaban J connectivity index is 2.01. The number of hydrogen-bond donors (Lipinski definition) is 1. The smallest absolute Gasteiger partial charge is 0.0959 e. The third-order valence-electron chi connectivity index (χ3n) is 3.26. The van der Waals surface area contributed by atoms with Crippen LogP contribution in [0.3, 0.4) is 0 Å². The molecule has 0 spiro atoms. The van der Waals surface area contributed by atoms with Crippen LogP contribution in [0.15, 0.2) is 5.38 Å². The van der Waals surface area contributed by atoms with Crippen molar-refractivity contribution in [3.63, 3.8) is 0 Å². The summed E-state index contributed by atoms with van der Waals surface area (Å²) in [6, 6.07) is 0. The molecule has 2 rings (SSSR count). The molecule has 2 atom stereocenters. The van der Waals surface area contributed by atoms with Crippen molar-refractivity contribution in [1.29, 1.82) is 0 Å². The lowest BCUT2D eigenvalue weighted by Gasteiger charge is -2.24. The molecule has 1 aliphatic rings. The van der Waals surface area contributed by atoms with E-state index in [9.17, 15) is 0 Å². The molecule has 0 aliphatic heterocycles. The van der Waals surface area contributed by atoms with E-state index in [0.29, 0.717) is 6.54 Å². The van der Waals surface area contributed by atoms with Gasteiger partial charge < -0.3 is 5.73 Å². The SMILES string of the molecule is CC1CCCC(c2nc(CCN)cs2)C1. The zero-order chi connectivity index (χ0) is 10.7. The summed E-state index contributed by atoms with van der Waals surface area (Å²) < 4.78 is 0. The number of rotatable bonds is 3. The zero-order valence-corrected chi connectivity index (χ0v) is 10.2. The molecule has 0 saturated heterocycles. The maximum absolute atomic E-state index is 5.53. The van der Waals surface area contributed by atoms with Crippen LogP contribution in [0.4, 0.5) is 0 Å². The van der Waals surface area contributed by atoms with Crippen molar-refractivity contribution in [2.24, 2.45) is 11.7 Å². The van der Waals surface area contributed by atoms with Crippen molar-refractivity contribution < 1.29 is 0 Å². The molecule has 0 bridgehead atoms. The molecule has 1 saturated carbocycles. The molecule has 0 aromatic carbocycles. The summed E-state index contributed by atoms with van der Waals surface area (Å²) in [4.78, 5) is 4.70. The van der Waals surface area contributed by atoms with Gasteiger partial charge in [-0.15, -0.1) is 11.3 Å². The van der Waals surface area contributed by atoms with Crippen molar-refractivity contribution in [1.82, 2.24) is 4.98 Å². The Morgan fingerprint density at radius 2 is 2.40 bits per heavy atom. The average Bonchev–Trinajstić information content (AvgIpc) is 2.67. The first-order chi connectivity index (χ1) is 7.29.